The van der Waals surface area contributed by atoms with E-state index in [4.69, 9.17) is 0 Å². The van der Waals surface area contributed by atoms with Crippen molar-refractivity contribution in [3.63, 3.8) is 0 Å². The van der Waals surface area contributed by atoms with Crippen molar-refractivity contribution in [3.8, 4) is 0 Å². The van der Waals surface area contributed by atoms with E-state index in [0.717, 1.165) is 25.7 Å². The zero-order valence-electron chi connectivity index (χ0n) is 11.2. The molecule has 3 nitrogen and oxygen atoms in total. The molecule has 20 heavy (non-hydrogen) atoms. The molecule has 1 aromatic rings. The van der Waals surface area contributed by atoms with Crippen LogP contribution in [-0.4, -0.2) is 24.2 Å². The minimum absolute atomic E-state index is 0.181. The highest BCUT2D eigenvalue weighted by Crippen LogP contribution is 2.29. The highest BCUT2D eigenvalue weighted by Gasteiger charge is 2.25. The van der Waals surface area contributed by atoms with E-state index in [-0.39, 0.29) is 24.2 Å². The Labute approximate surface area is 126 Å². The molecular weight excluding hydrogens is 325 g/mol. The second kappa shape index (κ2) is 7.18. The van der Waals surface area contributed by atoms with Gasteiger partial charge in [0.25, 0.3) is 5.91 Å². The molecule has 0 saturated heterocycles. The van der Waals surface area contributed by atoms with Gasteiger partial charge in [-0.05, 0) is 58.8 Å². The van der Waals surface area contributed by atoms with Gasteiger partial charge in [-0.2, -0.15) is 0 Å². The van der Waals surface area contributed by atoms with E-state index in [1.54, 1.807) is 0 Å². The zero-order chi connectivity index (χ0) is 14.5. The number of aliphatic hydroxyl groups is 1. The lowest BCUT2D eigenvalue weighted by Crippen LogP contribution is -2.35. The van der Waals surface area contributed by atoms with Crippen LogP contribution in [0.2, 0.25) is 0 Å². The van der Waals surface area contributed by atoms with Gasteiger partial charge in [0.2, 0.25) is 0 Å². The molecule has 1 aliphatic carbocycles. The third-order valence-electron chi connectivity index (χ3n) is 4.00. The van der Waals surface area contributed by atoms with Crippen molar-refractivity contribution in [2.24, 2.45) is 11.8 Å². The highest BCUT2D eigenvalue weighted by atomic mass is 79.9. The summed E-state index contributed by atoms with van der Waals surface area (Å²) in [6.45, 7) is 0.745. The number of rotatable bonds is 4. The maximum atomic E-state index is 13.0. The minimum atomic E-state index is -0.374. The fourth-order valence-corrected chi connectivity index (χ4v) is 3.32. The summed E-state index contributed by atoms with van der Waals surface area (Å²) in [6, 6.07) is 4.03. The van der Waals surface area contributed by atoms with Crippen LogP contribution in [0.3, 0.4) is 0 Å². The summed E-state index contributed by atoms with van der Waals surface area (Å²) in [5.74, 6) is 0.0258. The number of hydrogen-bond acceptors (Lipinski definition) is 2. The average molecular weight is 344 g/mol. The number of carbonyl (C=O) groups excluding carboxylic acids is 1. The van der Waals surface area contributed by atoms with Crippen LogP contribution in [0.15, 0.2) is 22.7 Å². The number of benzene rings is 1. The van der Waals surface area contributed by atoms with Gasteiger partial charge in [0, 0.05) is 17.6 Å². The second-order valence-corrected chi connectivity index (χ2v) is 6.18. The van der Waals surface area contributed by atoms with E-state index in [1.807, 2.05) is 0 Å². The topological polar surface area (TPSA) is 49.3 Å². The summed E-state index contributed by atoms with van der Waals surface area (Å²) in [6.07, 6.45) is 4.36. The molecule has 0 spiro atoms. The van der Waals surface area contributed by atoms with Gasteiger partial charge >= 0.3 is 0 Å². The third kappa shape index (κ3) is 3.79. The minimum Gasteiger partial charge on any atom is -0.396 e. The van der Waals surface area contributed by atoms with E-state index in [2.05, 4.69) is 21.2 Å². The Morgan fingerprint density at radius 2 is 2.05 bits per heavy atom. The molecule has 0 aliphatic heterocycles. The van der Waals surface area contributed by atoms with Crippen LogP contribution >= 0.6 is 15.9 Å². The summed E-state index contributed by atoms with van der Waals surface area (Å²) in [7, 11) is 0. The molecule has 5 heteroatoms. The lowest BCUT2D eigenvalue weighted by molar-refractivity contribution is 0.0908. The fourth-order valence-electron chi connectivity index (χ4n) is 2.79. The van der Waals surface area contributed by atoms with E-state index in [0.29, 0.717) is 22.5 Å². The molecule has 2 rings (SSSR count). The number of hydrogen-bond donors (Lipinski definition) is 2. The van der Waals surface area contributed by atoms with E-state index in [9.17, 15) is 14.3 Å². The summed E-state index contributed by atoms with van der Waals surface area (Å²) >= 11 is 3.20. The molecule has 1 saturated carbocycles. The lowest BCUT2D eigenvalue weighted by atomic mass is 9.79. The first-order valence-electron chi connectivity index (χ1n) is 6.96. The average Bonchev–Trinajstić information content (AvgIpc) is 2.45. The maximum Gasteiger partial charge on any atom is 0.252 e. The van der Waals surface area contributed by atoms with Crippen molar-refractivity contribution >= 4 is 21.8 Å². The van der Waals surface area contributed by atoms with Crippen LogP contribution < -0.4 is 5.32 Å². The quantitative estimate of drug-likeness (QED) is 0.882. The Kier molecular flexibility index (Phi) is 5.54. The van der Waals surface area contributed by atoms with E-state index in [1.165, 1.54) is 18.2 Å². The van der Waals surface area contributed by atoms with Crippen molar-refractivity contribution in [3.05, 3.63) is 34.1 Å². The third-order valence-corrected chi connectivity index (χ3v) is 4.66. The summed E-state index contributed by atoms with van der Waals surface area (Å²) in [4.78, 5) is 12.1. The number of aliphatic hydroxyl groups excluding tert-OH is 1. The van der Waals surface area contributed by atoms with Crippen LogP contribution in [0, 0.1) is 17.7 Å². The molecule has 1 fully saturated rings. The molecular formula is C15H19BrFNO2. The standard InChI is InChI=1S/C15H19BrFNO2/c16-14-7-12(17)5-6-13(14)15(20)18-8-10-3-1-2-4-11(10)9-19/h5-7,10-11,19H,1-4,8-9H2,(H,18,20). The van der Waals surface area contributed by atoms with Gasteiger partial charge in [-0.15, -0.1) is 0 Å². The molecule has 2 atom stereocenters. The van der Waals surface area contributed by atoms with Crippen LogP contribution in [0.25, 0.3) is 0 Å². The van der Waals surface area contributed by atoms with E-state index < -0.39 is 0 Å². The first-order valence-corrected chi connectivity index (χ1v) is 7.75. The van der Waals surface area contributed by atoms with Gasteiger partial charge in [0.1, 0.15) is 5.82 Å². The van der Waals surface area contributed by atoms with Crippen LogP contribution in [0.4, 0.5) is 4.39 Å². The predicted octanol–water partition coefficient (Wildman–Crippen LogP) is 3.12. The van der Waals surface area contributed by atoms with Gasteiger partial charge in [0.15, 0.2) is 0 Å². The summed E-state index contributed by atoms with van der Waals surface area (Å²) < 4.78 is 13.5. The van der Waals surface area contributed by atoms with Gasteiger partial charge in [0.05, 0.1) is 5.56 Å². The highest BCUT2D eigenvalue weighted by molar-refractivity contribution is 9.10. The smallest absolute Gasteiger partial charge is 0.252 e. The molecule has 110 valence electrons. The van der Waals surface area contributed by atoms with Crippen molar-refractivity contribution in [1.29, 1.82) is 0 Å². The largest absolute Gasteiger partial charge is 0.396 e. The Bertz CT molecular complexity index is 481. The van der Waals surface area contributed by atoms with E-state index >= 15 is 0 Å². The first kappa shape index (κ1) is 15.4. The van der Waals surface area contributed by atoms with Crippen molar-refractivity contribution in [2.75, 3.05) is 13.2 Å². The lowest BCUT2D eigenvalue weighted by Gasteiger charge is -2.30. The van der Waals surface area contributed by atoms with Crippen LogP contribution in [0.5, 0.6) is 0 Å². The Hall–Kier alpha value is -0.940. The number of nitrogens with one attached hydrogen (secondary N) is 1. The van der Waals surface area contributed by atoms with Crippen LogP contribution in [0.1, 0.15) is 36.0 Å². The molecule has 1 aliphatic rings. The van der Waals surface area contributed by atoms with Gasteiger partial charge in [-0.25, -0.2) is 4.39 Å². The van der Waals surface area contributed by atoms with Crippen molar-refractivity contribution in [1.82, 2.24) is 5.32 Å². The molecule has 2 N–H and O–H groups in total. The molecule has 1 amide bonds. The molecule has 0 heterocycles. The molecule has 0 aromatic heterocycles. The van der Waals surface area contributed by atoms with Crippen molar-refractivity contribution < 1.29 is 14.3 Å². The SMILES string of the molecule is O=C(NCC1CCCCC1CO)c1ccc(F)cc1Br. The molecule has 0 radical (unpaired) electrons. The molecule has 0 bridgehead atoms. The molecule has 2 unspecified atom stereocenters. The van der Waals surface area contributed by atoms with Gasteiger partial charge < -0.3 is 10.4 Å². The zero-order valence-corrected chi connectivity index (χ0v) is 12.8. The molecule has 1 aromatic carbocycles. The number of amides is 1. The number of carbonyl (C=O) groups is 1. The maximum absolute atomic E-state index is 13.0. The predicted molar refractivity (Wildman–Crippen MR) is 79.0 cm³/mol. The van der Waals surface area contributed by atoms with Crippen LogP contribution in [-0.2, 0) is 0 Å². The Morgan fingerprint density at radius 3 is 2.70 bits per heavy atom. The van der Waals surface area contributed by atoms with Gasteiger partial charge in [-0.3, -0.25) is 4.79 Å². The summed E-state index contributed by atoms with van der Waals surface area (Å²) in [5, 5.41) is 12.2. The Balaban J connectivity index is 1.94. The monoisotopic (exact) mass is 343 g/mol. The normalized spacial score (nSPS) is 22.6. The van der Waals surface area contributed by atoms with Gasteiger partial charge in [-0.1, -0.05) is 12.8 Å². The first-order chi connectivity index (χ1) is 9.61. The number of halogens is 2. The van der Waals surface area contributed by atoms with Crippen molar-refractivity contribution in [2.45, 2.75) is 25.7 Å². The second-order valence-electron chi connectivity index (χ2n) is 5.32. The fraction of sp³-hybridized carbons (Fsp3) is 0.533. The summed E-state index contributed by atoms with van der Waals surface area (Å²) in [5.41, 5.74) is 0.433. The Morgan fingerprint density at radius 1 is 1.35 bits per heavy atom.